The molecule has 0 radical (unpaired) electrons. The number of hydrogen-bond donors (Lipinski definition) is 1. The van der Waals surface area contributed by atoms with Crippen molar-refractivity contribution in [3.05, 3.63) is 54.4 Å². The van der Waals surface area contributed by atoms with E-state index in [0.717, 1.165) is 37.3 Å². The van der Waals surface area contributed by atoms with Crippen LogP contribution < -0.4 is 5.73 Å². The summed E-state index contributed by atoms with van der Waals surface area (Å²) in [4.78, 5) is 22.5. The van der Waals surface area contributed by atoms with E-state index < -0.39 is 0 Å². The molecule has 140 valence electrons. The van der Waals surface area contributed by atoms with Gasteiger partial charge < -0.3 is 14.8 Å². The molecule has 1 aromatic carbocycles. The van der Waals surface area contributed by atoms with Gasteiger partial charge in [0.1, 0.15) is 12.4 Å². The van der Waals surface area contributed by atoms with Crippen molar-refractivity contribution in [3.8, 4) is 11.4 Å². The largest absolute Gasteiger partial charge is 0.368 e. The molecule has 2 aromatic heterocycles. The number of piperidine rings is 1. The summed E-state index contributed by atoms with van der Waals surface area (Å²) in [5, 5.41) is 4.09. The number of nitrogens with zero attached hydrogens (tertiary/aromatic N) is 5. The van der Waals surface area contributed by atoms with E-state index in [0.29, 0.717) is 18.3 Å². The maximum Gasteiger partial charge on any atom is 0.241 e. The molecule has 1 aliphatic heterocycles. The molecule has 3 heterocycles. The Labute approximate surface area is 157 Å². The average molecular weight is 366 g/mol. The van der Waals surface area contributed by atoms with Crippen molar-refractivity contribution in [1.82, 2.24) is 24.6 Å². The molecular formula is C19H22N6O2. The molecule has 0 saturated carbocycles. The van der Waals surface area contributed by atoms with E-state index in [-0.39, 0.29) is 18.4 Å². The fraction of sp³-hybridized carbons (Fsp3) is 0.368. The van der Waals surface area contributed by atoms with E-state index in [1.54, 1.807) is 6.20 Å². The third kappa shape index (κ3) is 4.06. The molecule has 8 nitrogen and oxygen atoms in total. The second kappa shape index (κ2) is 7.71. The minimum atomic E-state index is -0.360. The van der Waals surface area contributed by atoms with Gasteiger partial charge in [-0.3, -0.25) is 9.69 Å². The van der Waals surface area contributed by atoms with E-state index >= 15 is 0 Å². The summed E-state index contributed by atoms with van der Waals surface area (Å²) in [6.07, 6.45) is 5.61. The van der Waals surface area contributed by atoms with E-state index in [9.17, 15) is 4.79 Å². The normalized spacial score (nSPS) is 17.9. The van der Waals surface area contributed by atoms with Crippen LogP contribution in [0.2, 0.25) is 0 Å². The van der Waals surface area contributed by atoms with Gasteiger partial charge in [0.05, 0.1) is 6.54 Å². The second-order valence-electron chi connectivity index (χ2n) is 6.83. The molecule has 1 unspecified atom stereocenters. The first kappa shape index (κ1) is 17.4. The van der Waals surface area contributed by atoms with Crippen LogP contribution in [0.15, 0.2) is 47.2 Å². The van der Waals surface area contributed by atoms with E-state index in [2.05, 4.69) is 20.0 Å². The number of primary amides is 1. The van der Waals surface area contributed by atoms with Crippen molar-refractivity contribution in [3.63, 3.8) is 0 Å². The first-order valence-electron chi connectivity index (χ1n) is 9.09. The Bertz CT molecular complexity index is 904. The topological polar surface area (TPSA) is 103 Å². The van der Waals surface area contributed by atoms with Gasteiger partial charge in [0, 0.05) is 30.4 Å². The van der Waals surface area contributed by atoms with Crippen LogP contribution in [-0.4, -0.2) is 43.6 Å². The molecular weight excluding hydrogens is 344 g/mol. The van der Waals surface area contributed by atoms with Gasteiger partial charge in [0.25, 0.3) is 0 Å². The number of benzene rings is 1. The third-order valence-corrected chi connectivity index (χ3v) is 4.80. The highest BCUT2D eigenvalue weighted by Gasteiger charge is 2.26. The van der Waals surface area contributed by atoms with Crippen LogP contribution in [0.25, 0.3) is 11.4 Å². The van der Waals surface area contributed by atoms with Crippen molar-refractivity contribution in [2.24, 2.45) is 5.73 Å². The fourth-order valence-corrected chi connectivity index (χ4v) is 3.61. The number of carbonyl (C=O) groups is 1. The molecule has 4 rings (SSSR count). The molecule has 1 amide bonds. The molecule has 1 saturated heterocycles. The minimum absolute atomic E-state index is 0.163. The lowest BCUT2D eigenvalue weighted by atomic mass is 9.97. The molecule has 0 aliphatic carbocycles. The molecule has 8 heteroatoms. The summed E-state index contributed by atoms with van der Waals surface area (Å²) in [6.45, 7) is 2.57. The summed E-state index contributed by atoms with van der Waals surface area (Å²) < 4.78 is 7.28. The predicted octanol–water partition coefficient (Wildman–Crippen LogP) is 1.80. The number of nitrogens with two attached hydrogens (primary N) is 1. The van der Waals surface area contributed by atoms with Crippen molar-refractivity contribution in [2.75, 3.05) is 13.1 Å². The van der Waals surface area contributed by atoms with Crippen molar-refractivity contribution in [2.45, 2.75) is 31.8 Å². The van der Waals surface area contributed by atoms with Crippen molar-refractivity contribution >= 4 is 5.91 Å². The molecule has 0 spiro atoms. The Hall–Kier alpha value is -3.00. The predicted molar refractivity (Wildman–Crippen MR) is 98.4 cm³/mol. The van der Waals surface area contributed by atoms with E-state index in [1.165, 1.54) is 0 Å². The van der Waals surface area contributed by atoms with Crippen LogP contribution in [0.5, 0.6) is 0 Å². The molecule has 2 N–H and O–H groups in total. The molecule has 1 aliphatic rings. The number of rotatable bonds is 6. The van der Waals surface area contributed by atoms with Gasteiger partial charge in [-0.2, -0.15) is 4.98 Å². The highest BCUT2D eigenvalue weighted by Crippen LogP contribution is 2.27. The maximum absolute atomic E-state index is 11.3. The van der Waals surface area contributed by atoms with Crippen molar-refractivity contribution < 1.29 is 9.32 Å². The van der Waals surface area contributed by atoms with Crippen LogP contribution in [0.3, 0.4) is 0 Å². The second-order valence-corrected chi connectivity index (χ2v) is 6.83. The molecule has 1 fully saturated rings. The Kier molecular flexibility index (Phi) is 4.97. The number of aromatic nitrogens is 4. The van der Waals surface area contributed by atoms with Crippen molar-refractivity contribution in [1.29, 1.82) is 0 Å². The Morgan fingerprint density at radius 2 is 2.15 bits per heavy atom. The fourth-order valence-electron chi connectivity index (χ4n) is 3.61. The summed E-state index contributed by atoms with van der Waals surface area (Å²) in [5.74, 6) is 2.02. The first-order chi connectivity index (χ1) is 13.2. The standard InChI is InChI=1S/C19H22N6O2/c20-16(26)12-25-10-8-21-19(25)15-7-4-9-24(11-15)13-17-22-18(23-27-17)14-5-2-1-3-6-14/h1-3,5-6,8,10,15H,4,7,9,11-13H2,(H2,20,26). The average Bonchev–Trinajstić information content (AvgIpc) is 3.32. The highest BCUT2D eigenvalue weighted by molar-refractivity contribution is 5.73. The number of amides is 1. The Morgan fingerprint density at radius 3 is 2.96 bits per heavy atom. The zero-order chi connectivity index (χ0) is 18.6. The maximum atomic E-state index is 11.3. The Morgan fingerprint density at radius 1 is 1.30 bits per heavy atom. The lowest BCUT2D eigenvalue weighted by Gasteiger charge is -2.31. The van der Waals surface area contributed by atoms with Crippen LogP contribution in [0.4, 0.5) is 0 Å². The van der Waals surface area contributed by atoms with E-state index in [1.807, 2.05) is 41.1 Å². The van der Waals surface area contributed by atoms with Crippen LogP contribution in [-0.2, 0) is 17.9 Å². The minimum Gasteiger partial charge on any atom is -0.368 e. The van der Waals surface area contributed by atoms with Crippen LogP contribution >= 0.6 is 0 Å². The lowest BCUT2D eigenvalue weighted by Crippen LogP contribution is -2.35. The number of likely N-dealkylation sites (tertiary alicyclic amines) is 1. The lowest BCUT2D eigenvalue weighted by molar-refractivity contribution is -0.118. The summed E-state index contributed by atoms with van der Waals surface area (Å²) in [6, 6.07) is 9.79. The Balaban J connectivity index is 1.43. The first-order valence-corrected chi connectivity index (χ1v) is 9.09. The molecule has 1 atom stereocenters. The number of carbonyl (C=O) groups excluding carboxylic acids is 1. The van der Waals surface area contributed by atoms with Gasteiger partial charge in [-0.15, -0.1) is 0 Å². The van der Waals surface area contributed by atoms with Crippen LogP contribution in [0, 0.1) is 0 Å². The van der Waals surface area contributed by atoms with Gasteiger partial charge in [-0.05, 0) is 19.4 Å². The third-order valence-electron chi connectivity index (χ3n) is 4.80. The number of imidazole rings is 1. The van der Waals surface area contributed by atoms with Gasteiger partial charge in [-0.1, -0.05) is 35.5 Å². The van der Waals surface area contributed by atoms with E-state index in [4.69, 9.17) is 10.3 Å². The molecule has 0 bridgehead atoms. The zero-order valence-corrected chi connectivity index (χ0v) is 15.0. The van der Waals surface area contributed by atoms with Gasteiger partial charge in [0.15, 0.2) is 0 Å². The van der Waals surface area contributed by atoms with Gasteiger partial charge in [0.2, 0.25) is 17.6 Å². The molecule has 27 heavy (non-hydrogen) atoms. The summed E-state index contributed by atoms with van der Waals surface area (Å²) in [7, 11) is 0. The van der Waals surface area contributed by atoms with Gasteiger partial charge in [-0.25, -0.2) is 4.98 Å². The monoisotopic (exact) mass is 366 g/mol. The summed E-state index contributed by atoms with van der Waals surface area (Å²) >= 11 is 0. The highest BCUT2D eigenvalue weighted by atomic mass is 16.5. The quantitative estimate of drug-likeness (QED) is 0.713. The SMILES string of the molecule is NC(=O)Cn1ccnc1C1CCCN(Cc2nc(-c3ccccc3)no2)C1. The summed E-state index contributed by atoms with van der Waals surface area (Å²) in [5.41, 5.74) is 6.28. The smallest absolute Gasteiger partial charge is 0.241 e. The number of hydrogen-bond acceptors (Lipinski definition) is 6. The van der Waals surface area contributed by atoms with Crippen LogP contribution in [0.1, 0.15) is 30.5 Å². The molecule has 3 aromatic rings. The zero-order valence-electron chi connectivity index (χ0n) is 15.0. The van der Waals surface area contributed by atoms with Gasteiger partial charge >= 0.3 is 0 Å².